The fourth-order valence-corrected chi connectivity index (χ4v) is 4.62. The summed E-state index contributed by atoms with van der Waals surface area (Å²) in [6.45, 7) is 2.07. The second-order valence-corrected chi connectivity index (χ2v) is 8.89. The van der Waals surface area contributed by atoms with Crippen molar-refractivity contribution in [1.82, 2.24) is 0 Å². The van der Waals surface area contributed by atoms with Gasteiger partial charge in [0.25, 0.3) is 0 Å². The van der Waals surface area contributed by atoms with Crippen molar-refractivity contribution in [2.75, 3.05) is 9.80 Å². The Bertz CT molecular complexity index is 1190. The molecule has 5 nitrogen and oxygen atoms in total. The van der Waals surface area contributed by atoms with E-state index in [4.69, 9.17) is 23.2 Å². The molecule has 1 aliphatic heterocycles. The van der Waals surface area contributed by atoms with E-state index in [1.54, 1.807) is 77.7 Å². The number of nitrogens with zero attached hydrogens (tertiary/aromatic N) is 3. The van der Waals surface area contributed by atoms with E-state index < -0.39 is 11.8 Å². The zero-order valence-electron chi connectivity index (χ0n) is 18.1. The molecule has 0 radical (unpaired) electrons. The lowest BCUT2D eigenvalue weighted by Gasteiger charge is -2.37. The van der Waals surface area contributed by atoms with Crippen LogP contribution in [0.25, 0.3) is 0 Å². The van der Waals surface area contributed by atoms with E-state index in [0.717, 1.165) is 12.8 Å². The number of benzene rings is 3. The van der Waals surface area contributed by atoms with Crippen molar-refractivity contribution in [1.29, 1.82) is 5.26 Å². The molecule has 0 bridgehead atoms. The molecule has 3 aromatic rings. The molecular weight excluding hydrogens is 457 g/mol. The van der Waals surface area contributed by atoms with E-state index in [2.05, 4.69) is 13.0 Å². The zero-order chi connectivity index (χ0) is 23.6. The third-order valence-electron chi connectivity index (χ3n) is 5.95. The molecule has 2 amide bonds. The molecule has 0 saturated carbocycles. The molecule has 7 heteroatoms. The molecule has 1 aliphatic rings. The van der Waals surface area contributed by atoms with Gasteiger partial charge in [0, 0.05) is 27.0 Å². The lowest BCUT2D eigenvalue weighted by Crippen LogP contribution is -2.49. The maximum Gasteiger partial charge on any atom is 0.332 e. The van der Waals surface area contributed by atoms with Gasteiger partial charge >= 0.3 is 6.03 Å². The number of carbonyl (C=O) groups excluding carboxylic acids is 1. The molecule has 1 heterocycles. The van der Waals surface area contributed by atoms with E-state index in [0.29, 0.717) is 39.0 Å². The van der Waals surface area contributed by atoms with Gasteiger partial charge < -0.3 is 5.11 Å². The fourth-order valence-electron chi connectivity index (χ4n) is 4.37. The average Bonchev–Trinajstić information content (AvgIpc) is 3.06. The maximum absolute atomic E-state index is 14.0. The quantitative estimate of drug-likeness (QED) is 0.426. The van der Waals surface area contributed by atoms with Gasteiger partial charge in [-0.2, -0.15) is 5.26 Å². The van der Waals surface area contributed by atoms with Gasteiger partial charge in [-0.1, -0.05) is 55.1 Å². The van der Waals surface area contributed by atoms with E-state index in [1.165, 1.54) is 4.90 Å². The Morgan fingerprint density at radius 2 is 1.61 bits per heavy atom. The van der Waals surface area contributed by atoms with Gasteiger partial charge in [-0.25, -0.2) is 4.79 Å². The smallest absolute Gasteiger partial charge is 0.332 e. The minimum absolute atomic E-state index is 0.370. The number of aliphatic hydroxyl groups is 1. The van der Waals surface area contributed by atoms with Crippen LogP contribution in [0, 0.1) is 11.3 Å². The zero-order valence-corrected chi connectivity index (χ0v) is 19.6. The average molecular weight is 480 g/mol. The number of anilines is 2. The number of carbonyl (C=O) groups is 1. The van der Waals surface area contributed by atoms with Crippen LogP contribution in [0.5, 0.6) is 0 Å². The highest BCUT2D eigenvalue weighted by Gasteiger charge is 2.58. The number of nitriles is 1. The van der Waals surface area contributed by atoms with E-state index >= 15 is 0 Å². The van der Waals surface area contributed by atoms with Crippen molar-refractivity contribution in [3.8, 4) is 6.07 Å². The number of urea groups is 1. The molecule has 0 spiro atoms. The molecule has 4 rings (SSSR count). The Balaban J connectivity index is 1.95. The molecule has 1 unspecified atom stereocenters. The summed E-state index contributed by atoms with van der Waals surface area (Å²) in [5, 5.41) is 23.0. The van der Waals surface area contributed by atoms with Crippen LogP contribution in [-0.2, 0) is 5.72 Å². The monoisotopic (exact) mass is 479 g/mol. The first-order valence-corrected chi connectivity index (χ1v) is 11.5. The molecule has 0 aromatic heterocycles. The third kappa shape index (κ3) is 4.18. The predicted molar refractivity (Wildman–Crippen MR) is 132 cm³/mol. The van der Waals surface area contributed by atoms with Gasteiger partial charge in [-0.15, -0.1) is 0 Å². The summed E-state index contributed by atoms with van der Waals surface area (Å²) >= 11 is 12.2. The van der Waals surface area contributed by atoms with Gasteiger partial charge in [0.15, 0.2) is 5.72 Å². The summed E-state index contributed by atoms with van der Waals surface area (Å²) in [4.78, 5) is 17.0. The first-order chi connectivity index (χ1) is 15.9. The third-order valence-corrected chi connectivity index (χ3v) is 6.46. The van der Waals surface area contributed by atoms with Crippen LogP contribution in [-0.4, -0.2) is 17.2 Å². The lowest BCUT2D eigenvalue weighted by molar-refractivity contribution is 0.0286. The van der Waals surface area contributed by atoms with Gasteiger partial charge in [-0.3, -0.25) is 9.80 Å². The largest absolute Gasteiger partial charge is 0.365 e. The van der Waals surface area contributed by atoms with Crippen molar-refractivity contribution >= 4 is 40.6 Å². The standard InChI is InChI=1S/C26H23Cl2N3O2/c1-2-3-7-24-26(33,19-6-4-5-18(16-19)17-29)31(23-14-10-21(28)11-15-23)25(32)30(24)22-12-8-20(27)9-13-22/h4-6,8-16,24,33H,2-3,7H2,1H3/t24-,26?/m1/s1. The van der Waals surface area contributed by atoms with Crippen LogP contribution < -0.4 is 9.80 Å². The van der Waals surface area contributed by atoms with Crippen molar-refractivity contribution in [3.05, 3.63) is 94.0 Å². The van der Waals surface area contributed by atoms with Gasteiger partial charge in [-0.05, 0) is 67.1 Å². The number of hydrogen-bond acceptors (Lipinski definition) is 3. The molecule has 1 fully saturated rings. The molecule has 1 saturated heterocycles. The van der Waals surface area contributed by atoms with Crippen LogP contribution in [0.3, 0.4) is 0 Å². The van der Waals surface area contributed by atoms with Crippen molar-refractivity contribution < 1.29 is 9.90 Å². The van der Waals surface area contributed by atoms with Gasteiger partial charge in [0.05, 0.1) is 17.7 Å². The summed E-state index contributed by atoms with van der Waals surface area (Å²) < 4.78 is 0. The summed E-state index contributed by atoms with van der Waals surface area (Å²) in [5.41, 5.74) is 0.308. The van der Waals surface area contributed by atoms with Crippen LogP contribution in [0.15, 0.2) is 72.8 Å². The summed E-state index contributed by atoms with van der Waals surface area (Å²) in [6.07, 6.45) is 2.26. The van der Waals surface area contributed by atoms with Crippen molar-refractivity contribution in [2.45, 2.75) is 38.0 Å². The first-order valence-electron chi connectivity index (χ1n) is 10.8. The van der Waals surface area contributed by atoms with Crippen molar-refractivity contribution in [2.24, 2.45) is 0 Å². The molecule has 168 valence electrons. The highest BCUT2D eigenvalue weighted by Crippen LogP contribution is 2.46. The number of hydrogen-bond donors (Lipinski definition) is 1. The van der Waals surface area contributed by atoms with Crippen LogP contribution >= 0.6 is 23.2 Å². The Labute approximate surface area is 203 Å². The molecule has 33 heavy (non-hydrogen) atoms. The Hall–Kier alpha value is -3.04. The van der Waals surface area contributed by atoms with E-state index in [-0.39, 0.29) is 6.03 Å². The Morgan fingerprint density at radius 3 is 2.18 bits per heavy atom. The minimum Gasteiger partial charge on any atom is -0.365 e. The maximum atomic E-state index is 14.0. The van der Waals surface area contributed by atoms with Gasteiger partial charge in [0.1, 0.15) is 0 Å². The fraction of sp³-hybridized carbons (Fsp3) is 0.231. The number of unbranched alkanes of at least 4 members (excludes halogenated alkanes) is 1. The first kappa shape index (κ1) is 23.1. The normalized spacial score (nSPS) is 20.2. The second-order valence-electron chi connectivity index (χ2n) is 8.02. The molecular formula is C26H23Cl2N3O2. The molecule has 1 N–H and O–H groups in total. The molecule has 2 atom stereocenters. The van der Waals surface area contributed by atoms with E-state index in [9.17, 15) is 15.2 Å². The van der Waals surface area contributed by atoms with Crippen LogP contribution in [0.4, 0.5) is 16.2 Å². The number of amides is 2. The molecule has 3 aromatic carbocycles. The number of halogens is 2. The Kier molecular flexibility index (Phi) is 6.62. The molecule has 0 aliphatic carbocycles. The minimum atomic E-state index is -1.72. The second kappa shape index (κ2) is 9.44. The Morgan fingerprint density at radius 1 is 1.00 bits per heavy atom. The SMILES string of the molecule is CCCC[C@H]1N(c2ccc(Cl)cc2)C(=O)N(c2ccc(Cl)cc2)C1(O)c1cccc(C#N)c1. The predicted octanol–water partition coefficient (Wildman–Crippen LogP) is 6.72. The summed E-state index contributed by atoms with van der Waals surface area (Å²) in [7, 11) is 0. The highest BCUT2D eigenvalue weighted by molar-refractivity contribution is 6.31. The topological polar surface area (TPSA) is 67.6 Å². The lowest BCUT2D eigenvalue weighted by atomic mass is 9.89. The van der Waals surface area contributed by atoms with Crippen molar-refractivity contribution in [3.63, 3.8) is 0 Å². The van der Waals surface area contributed by atoms with Gasteiger partial charge in [0.2, 0.25) is 0 Å². The number of rotatable bonds is 6. The van der Waals surface area contributed by atoms with Crippen LogP contribution in [0.1, 0.15) is 37.3 Å². The van der Waals surface area contributed by atoms with Crippen LogP contribution in [0.2, 0.25) is 10.0 Å². The van der Waals surface area contributed by atoms with E-state index in [1.807, 2.05) is 0 Å². The summed E-state index contributed by atoms with van der Waals surface area (Å²) in [6, 6.07) is 21.7. The summed E-state index contributed by atoms with van der Waals surface area (Å²) in [5.74, 6) is 0. The highest BCUT2D eigenvalue weighted by atomic mass is 35.5.